The lowest BCUT2D eigenvalue weighted by atomic mass is 10.1. The number of carboxylic acids is 1. The first kappa shape index (κ1) is 27.2. The van der Waals surface area contributed by atoms with Gasteiger partial charge >= 0.3 is 5.97 Å². The average molecular weight is 492 g/mol. The van der Waals surface area contributed by atoms with E-state index in [1.807, 2.05) is 0 Å². The summed E-state index contributed by atoms with van der Waals surface area (Å²) in [5, 5.41) is 28.6. The fourth-order valence-electron chi connectivity index (χ4n) is 3.14. The van der Waals surface area contributed by atoms with Crippen molar-refractivity contribution >= 4 is 54.7 Å². The van der Waals surface area contributed by atoms with Gasteiger partial charge in [0.05, 0.1) is 18.7 Å². The van der Waals surface area contributed by atoms with Gasteiger partial charge in [-0.3, -0.25) is 29.2 Å². The van der Waals surface area contributed by atoms with Crippen LogP contribution in [0, 0.1) is 0 Å². The summed E-state index contributed by atoms with van der Waals surface area (Å²) in [6, 6.07) is -4.98. The van der Waals surface area contributed by atoms with Gasteiger partial charge in [0.15, 0.2) is 0 Å². The zero-order valence-electron chi connectivity index (χ0n) is 19.0. The minimum Gasteiger partial charge on any atom is -0.480 e. The van der Waals surface area contributed by atoms with Crippen LogP contribution >= 0.6 is 0 Å². The van der Waals surface area contributed by atoms with Gasteiger partial charge in [0.2, 0.25) is 23.6 Å². The Morgan fingerprint density at radius 1 is 0.857 bits per heavy atom. The molecule has 2 aliphatic heterocycles. The van der Waals surface area contributed by atoms with E-state index in [1.165, 1.54) is 32.0 Å². The fourth-order valence-corrected chi connectivity index (χ4v) is 3.14. The van der Waals surface area contributed by atoms with Crippen LogP contribution in [0.4, 0.5) is 0 Å². The first-order valence-corrected chi connectivity index (χ1v) is 10.8. The zero-order chi connectivity index (χ0) is 25.8. The summed E-state index contributed by atoms with van der Waals surface area (Å²) in [6.45, 7) is 0.543. The monoisotopic (exact) mass is 492 g/mol. The number of hydrogen-bond donors (Lipinski definition) is 6. The molecular weight excluding hydrogens is 464 g/mol. The third-order valence-electron chi connectivity index (χ3n) is 4.93. The highest BCUT2D eigenvalue weighted by Gasteiger charge is 2.31. The van der Waals surface area contributed by atoms with E-state index in [0.29, 0.717) is 0 Å². The molecule has 0 aromatic heterocycles. The molecule has 2 heterocycles. The van der Waals surface area contributed by atoms with Crippen LogP contribution in [0.2, 0.25) is 0 Å². The molecule has 0 radical (unpaired) electrons. The van der Waals surface area contributed by atoms with E-state index in [9.17, 15) is 34.2 Å². The molecule has 15 nitrogen and oxygen atoms in total. The lowest BCUT2D eigenvalue weighted by Gasteiger charge is -2.24. The van der Waals surface area contributed by atoms with Crippen molar-refractivity contribution in [2.24, 2.45) is 20.0 Å². The number of amides is 4. The van der Waals surface area contributed by atoms with E-state index in [0.717, 1.165) is 0 Å². The second kappa shape index (κ2) is 13.6. The Bertz CT molecular complexity index is 908. The number of carboxylic acid groups (broad SMARTS) is 1. The Kier molecular flexibility index (Phi) is 10.6. The van der Waals surface area contributed by atoms with Crippen LogP contribution in [0.1, 0.15) is 26.2 Å². The van der Waals surface area contributed by atoms with Crippen molar-refractivity contribution in [3.8, 4) is 0 Å². The number of aliphatic carboxylic acids is 1. The normalized spacial score (nSPS) is 20.2. The van der Waals surface area contributed by atoms with E-state index in [1.54, 1.807) is 0 Å². The van der Waals surface area contributed by atoms with Gasteiger partial charge in [0, 0.05) is 45.2 Å². The third kappa shape index (κ3) is 9.40. The highest BCUT2D eigenvalue weighted by Crippen LogP contribution is 2.07. The smallest absolute Gasteiger partial charge is 0.326 e. The molecule has 2 aliphatic rings. The predicted octanol–water partition coefficient (Wildman–Crippen LogP) is -3.21. The van der Waals surface area contributed by atoms with Crippen LogP contribution in [0.25, 0.3) is 0 Å². The number of carbonyl (C=O) groups excluding carboxylic acids is 4. The summed E-state index contributed by atoms with van der Waals surface area (Å²) in [4.78, 5) is 75.8. The lowest BCUT2D eigenvalue weighted by Crippen LogP contribution is -2.57. The van der Waals surface area contributed by atoms with E-state index in [4.69, 9.17) is 0 Å². The van der Waals surface area contributed by atoms with Crippen LogP contribution in [-0.4, -0.2) is 108 Å². The van der Waals surface area contributed by atoms with Crippen LogP contribution in [0.5, 0.6) is 0 Å². The van der Waals surface area contributed by atoms with Crippen molar-refractivity contribution in [1.82, 2.24) is 21.3 Å². The van der Waals surface area contributed by atoms with Gasteiger partial charge in [-0.2, -0.15) is 0 Å². The fraction of sp³-hybridized carbons (Fsp3) is 0.550. The maximum atomic E-state index is 12.9. The van der Waals surface area contributed by atoms with Crippen LogP contribution in [0.3, 0.4) is 0 Å². The molecular formula is C20H28N8O7. The zero-order valence-corrected chi connectivity index (χ0v) is 19.0. The quantitative estimate of drug-likeness (QED) is 0.145. The summed E-state index contributed by atoms with van der Waals surface area (Å²) in [5.74, 6) is -3.88. The van der Waals surface area contributed by atoms with Gasteiger partial charge in [-0.15, -0.1) is 0 Å². The molecule has 0 aliphatic carbocycles. The second-order valence-corrected chi connectivity index (χ2v) is 7.73. The molecule has 0 fully saturated rings. The molecule has 6 N–H and O–H groups in total. The molecule has 0 aromatic rings. The Morgan fingerprint density at radius 3 is 1.89 bits per heavy atom. The summed E-state index contributed by atoms with van der Waals surface area (Å²) >= 11 is 0. The Balaban J connectivity index is 2.00. The minimum absolute atomic E-state index is 0.0221. The van der Waals surface area contributed by atoms with Crippen LogP contribution in [-0.2, 0) is 24.0 Å². The van der Waals surface area contributed by atoms with Gasteiger partial charge in [-0.05, 0) is 0 Å². The van der Waals surface area contributed by atoms with Crippen LogP contribution < -0.4 is 21.3 Å². The standard InChI is InChI=1S/C20H28N8O7/c1-11(30)23-3-2-17(31)26-14(4-12-6-21-9-24-12)18(32)28-16(8-29)19(33)27-15(20(34)35)5-13-7-22-10-25-13/h6-7,9-10,12-16,29H,2-5,8H2,1H3,(H,23,30)(H,26,31)(H,27,33)(H,28,32)(H,34,35)/t12?,13?,14-,15-,16-/m0/s1. The molecule has 0 aromatic carbocycles. The maximum Gasteiger partial charge on any atom is 0.326 e. The molecule has 15 heteroatoms. The van der Waals surface area contributed by atoms with Crippen LogP contribution in [0.15, 0.2) is 20.0 Å². The number of nitrogens with one attached hydrogen (secondary N) is 4. The Hall–Kier alpha value is -4.01. The molecule has 35 heavy (non-hydrogen) atoms. The SMILES string of the molecule is CC(=O)NCCC(=O)N[C@@H](CC1C=NC=N1)C(=O)N[C@@H](CO)C(=O)N[C@@H](CC1C=NC=N1)C(=O)O. The summed E-state index contributed by atoms with van der Waals surface area (Å²) < 4.78 is 0. The van der Waals surface area contributed by atoms with Crippen molar-refractivity contribution in [2.75, 3.05) is 13.2 Å². The molecule has 0 saturated carbocycles. The van der Waals surface area contributed by atoms with Gasteiger partial charge in [-0.1, -0.05) is 0 Å². The van der Waals surface area contributed by atoms with Crippen molar-refractivity contribution in [3.63, 3.8) is 0 Å². The topological polar surface area (TPSA) is 223 Å². The number of rotatable bonds is 14. The minimum atomic E-state index is -1.48. The molecule has 5 atom stereocenters. The van der Waals surface area contributed by atoms with E-state index < -0.39 is 60.5 Å². The number of aliphatic hydroxyl groups excluding tert-OH is 1. The van der Waals surface area contributed by atoms with Crippen molar-refractivity contribution in [1.29, 1.82) is 0 Å². The first-order valence-electron chi connectivity index (χ1n) is 10.8. The highest BCUT2D eigenvalue weighted by atomic mass is 16.4. The number of hydrogen-bond acceptors (Lipinski definition) is 10. The maximum absolute atomic E-state index is 12.9. The van der Waals surface area contributed by atoms with Crippen molar-refractivity contribution in [3.05, 3.63) is 0 Å². The van der Waals surface area contributed by atoms with E-state index >= 15 is 0 Å². The molecule has 2 unspecified atom stereocenters. The first-order chi connectivity index (χ1) is 16.7. The summed E-state index contributed by atoms with van der Waals surface area (Å²) in [7, 11) is 0. The number of aliphatic hydroxyl groups is 1. The third-order valence-corrected chi connectivity index (χ3v) is 4.93. The van der Waals surface area contributed by atoms with Crippen molar-refractivity contribution in [2.45, 2.75) is 56.4 Å². The van der Waals surface area contributed by atoms with Gasteiger partial charge < -0.3 is 31.5 Å². The van der Waals surface area contributed by atoms with E-state index in [2.05, 4.69) is 41.2 Å². The van der Waals surface area contributed by atoms with E-state index in [-0.39, 0.29) is 31.7 Å². The Labute approximate surface area is 200 Å². The van der Waals surface area contributed by atoms with Crippen molar-refractivity contribution < 1.29 is 34.2 Å². The van der Waals surface area contributed by atoms with Gasteiger partial charge in [-0.25, -0.2) is 14.8 Å². The average Bonchev–Trinajstić information content (AvgIpc) is 3.50. The summed E-state index contributed by atoms with van der Waals surface area (Å²) in [6.07, 6.45) is 5.34. The Morgan fingerprint density at radius 2 is 1.40 bits per heavy atom. The molecule has 4 amide bonds. The molecule has 2 rings (SSSR count). The number of nitrogens with zero attached hydrogens (tertiary/aromatic N) is 4. The number of carbonyl (C=O) groups is 5. The van der Waals surface area contributed by atoms with Gasteiger partial charge in [0.25, 0.3) is 0 Å². The number of aliphatic imine (C=N–C) groups is 4. The summed E-state index contributed by atoms with van der Waals surface area (Å²) in [5.41, 5.74) is 0. The molecule has 0 saturated heterocycles. The highest BCUT2D eigenvalue weighted by molar-refractivity contribution is 5.94. The largest absolute Gasteiger partial charge is 0.480 e. The second-order valence-electron chi connectivity index (χ2n) is 7.73. The lowest BCUT2D eigenvalue weighted by molar-refractivity contribution is -0.142. The molecule has 0 spiro atoms. The molecule has 190 valence electrons. The molecule has 0 bridgehead atoms. The van der Waals surface area contributed by atoms with Gasteiger partial charge in [0.1, 0.15) is 30.8 Å². The predicted molar refractivity (Wildman–Crippen MR) is 125 cm³/mol.